The van der Waals surface area contributed by atoms with Crippen LogP contribution in [0.2, 0.25) is 0 Å². The van der Waals surface area contributed by atoms with Gasteiger partial charge in [-0.15, -0.1) is 0 Å². The Balaban J connectivity index is 2.08. The summed E-state index contributed by atoms with van der Waals surface area (Å²) in [7, 11) is 0. The number of fused-ring (bicyclic) bond motifs is 3. The first-order valence-electron chi connectivity index (χ1n) is 6.52. The van der Waals surface area contributed by atoms with E-state index in [1.807, 2.05) is 30.3 Å². The van der Waals surface area contributed by atoms with Crippen LogP contribution in [0.3, 0.4) is 0 Å². The molecule has 21 heavy (non-hydrogen) atoms. The molecule has 0 amide bonds. The van der Waals surface area contributed by atoms with E-state index >= 15 is 0 Å². The van der Waals surface area contributed by atoms with Crippen molar-refractivity contribution in [3.05, 3.63) is 65.1 Å². The lowest BCUT2D eigenvalue weighted by molar-refractivity contribution is 0.475. The van der Waals surface area contributed by atoms with E-state index < -0.39 is 0 Å². The molecule has 102 valence electrons. The number of nitrogens with one attached hydrogen (secondary N) is 1. The number of aromatic hydroxyl groups is 1. The summed E-state index contributed by atoms with van der Waals surface area (Å²) in [6, 6.07) is 14.3. The average molecular weight is 277 g/mol. The Bertz CT molecular complexity index is 1030. The summed E-state index contributed by atoms with van der Waals surface area (Å²) in [5.74, 6) is 0.158. The summed E-state index contributed by atoms with van der Waals surface area (Å²) in [6.07, 6.45) is 1.68. The van der Waals surface area contributed by atoms with Crippen LogP contribution in [0, 0.1) is 0 Å². The van der Waals surface area contributed by atoms with Crippen LogP contribution in [-0.4, -0.2) is 19.9 Å². The number of para-hydroxylation sites is 1. The van der Waals surface area contributed by atoms with Gasteiger partial charge in [-0.1, -0.05) is 24.3 Å². The molecule has 0 radical (unpaired) electrons. The van der Waals surface area contributed by atoms with Gasteiger partial charge in [-0.3, -0.25) is 4.79 Å². The quantitative estimate of drug-likeness (QED) is 0.561. The number of nitrogens with zero attached hydrogens (tertiary/aromatic N) is 2. The largest absolute Gasteiger partial charge is 0.508 e. The molecule has 2 aromatic heterocycles. The zero-order chi connectivity index (χ0) is 14.4. The first kappa shape index (κ1) is 11.7. The second-order valence-corrected chi connectivity index (χ2v) is 4.86. The molecule has 0 atom stereocenters. The minimum atomic E-state index is -0.171. The fourth-order valence-corrected chi connectivity index (χ4v) is 2.50. The van der Waals surface area contributed by atoms with Crippen molar-refractivity contribution in [3.8, 4) is 11.4 Å². The van der Waals surface area contributed by atoms with E-state index in [9.17, 15) is 9.90 Å². The van der Waals surface area contributed by atoms with E-state index in [4.69, 9.17) is 0 Å². The number of aromatic amines is 1. The summed E-state index contributed by atoms with van der Waals surface area (Å²) >= 11 is 0. The summed E-state index contributed by atoms with van der Waals surface area (Å²) in [4.78, 5) is 15.0. The molecule has 0 saturated heterocycles. The number of pyridine rings is 1. The van der Waals surface area contributed by atoms with E-state index in [0.29, 0.717) is 16.6 Å². The Labute approximate surface area is 119 Å². The molecule has 0 bridgehead atoms. The molecule has 0 aliphatic heterocycles. The Kier molecular flexibility index (Phi) is 2.35. The lowest BCUT2D eigenvalue weighted by Crippen LogP contribution is -2.04. The van der Waals surface area contributed by atoms with Gasteiger partial charge < -0.3 is 10.1 Å². The highest BCUT2D eigenvalue weighted by molar-refractivity contribution is 6.02. The van der Waals surface area contributed by atoms with E-state index in [1.54, 1.807) is 29.1 Å². The molecule has 0 saturated carbocycles. The van der Waals surface area contributed by atoms with E-state index in [1.165, 1.54) is 0 Å². The van der Waals surface area contributed by atoms with Crippen LogP contribution >= 0.6 is 0 Å². The van der Waals surface area contributed by atoms with Crippen LogP contribution in [-0.2, 0) is 0 Å². The summed E-state index contributed by atoms with van der Waals surface area (Å²) < 4.78 is 1.60. The molecule has 5 heteroatoms. The van der Waals surface area contributed by atoms with Crippen molar-refractivity contribution in [1.29, 1.82) is 0 Å². The van der Waals surface area contributed by atoms with Crippen LogP contribution < -0.4 is 5.56 Å². The lowest BCUT2D eigenvalue weighted by Gasteiger charge is -2.00. The minimum Gasteiger partial charge on any atom is -0.508 e. The highest BCUT2D eigenvalue weighted by Crippen LogP contribution is 2.22. The summed E-state index contributed by atoms with van der Waals surface area (Å²) in [5.41, 5.74) is 1.94. The number of hydrogen-bond donors (Lipinski definition) is 2. The third-order valence-electron chi connectivity index (χ3n) is 3.48. The number of benzene rings is 2. The molecule has 5 nitrogen and oxygen atoms in total. The van der Waals surface area contributed by atoms with Crippen LogP contribution in [0.4, 0.5) is 0 Å². The van der Waals surface area contributed by atoms with Crippen molar-refractivity contribution in [2.45, 2.75) is 0 Å². The Morgan fingerprint density at radius 2 is 1.90 bits per heavy atom. The van der Waals surface area contributed by atoms with Crippen molar-refractivity contribution in [3.63, 3.8) is 0 Å². The normalized spacial score (nSPS) is 11.2. The third kappa shape index (κ3) is 1.79. The van der Waals surface area contributed by atoms with Crippen molar-refractivity contribution in [2.75, 3.05) is 0 Å². The Morgan fingerprint density at radius 1 is 1.05 bits per heavy atom. The molecule has 0 unspecified atom stereocenters. The maximum atomic E-state index is 12.1. The molecule has 0 aliphatic rings. The lowest BCUT2D eigenvalue weighted by atomic mass is 10.2. The van der Waals surface area contributed by atoms with Crippen molar-refractivity contribution < 1.29 is 5.11 Å². The Morgan fingerprint density at radius 3 is 2.76 bits per heavy atom. The molecule has 4 rings (SSSR count). The first-order valence-corrected chi connectivity index (χ1v) is 6.52. The maximum Gasteiger partial charge on any atom is 0.259 e. The van der Waals surface area contributed by atoms with Gasteiger partial charge in [0, 0.05) is 17.6 Å². The van der Waals surface area contributed by atoms with Crippen LogP contribution in [0.15, 0.2) is 59.5 Å². The van der Waals surface area contributed by atoms with Crippen molar-refractivity contribution in [1.82, 2.24) is 14.8 Å². The molecule has 0 aliphatic carbocycles. The molecule has 2 N–H and O–H groups in total. The predicted octanol–water partition coefficient (Wildman–Crippen LogP) is 2.57. The van der Waals surface area contributed by atoms with E-state index in [-0.39, 0.29) is 11.3 Å². The number of phenols is 1. The highest BCUT2D eigenvalue weighted by atomic mass is 16.3. The van der Waals surface area contributed by atoms with Gasteiger partial charge in [-0.25, -0.2) is 4.68 Å². The topological polar surface area (TPSA) is 70.9 Å². The van der Waals surface area contributed by atoms with Gasteiger partial charge in [-0.2, -0.15) is 5.10 Å². The molecular weight excluding hydrogens is 266 g/mol. The third-order valence-corrected chi connectivity index (χ3v) is 3.48. The monoisotopic (exact) mass is 277 g/mol. The van der Waals surface area contributed by atoms with Gasteiger partial charge in [-0.05, 0) is 18.2 Å². The molecule has 0 fully saturated rings. The second-order valence-electron chi connectivity index (χ2n) is 4.86. The number of aromatic nitrogens is 3. The highest BCUT2D eigenvalue weighted by Gasteiger charge is 2.10. The minimum absolute atomic E-state index is 0.158. The molecule has 2 heterocycles. The first-order chi connectivity index (χ1) is 10.2. The summed E-state index contributed by atoms with van der Waals surface area (Å²) in [6.45, 7) is 0. The molecule has 2 aromatic carbocycles. The number of rotatable bonds is 1. The van der Waals surface area contributed by atoms with Crippen LogP contribution in [0.5, 0.6) is 5.75 Å². The van der Waals surface area contributed by atoms with Crippen LogP contribution in [0.25, 0.3) is 27.5 Å². The zero-order valence-electron chi connectivity index (χ0n) is 10.9. The smallest absolute Gasteiger partial charge is 0.259 e. The molecule has 4 aromatic rings. The van der Waals surface area contributed by atoms with Gasteiger partial charge >= 0.3 is 0 Å². The number of hydrogen-bond acceptors (Lipinski definition) is 3. The summed E-state index contributed by atoms with van der Waals surface area (Å²) in [5, 5.41) is 15.5. The Hall–Kier alpha value is -3.08. The van der Waals surface area contributed by atoms with Crippen LogP contribution in [0.1, 0.15) is 0 Å². The van der Waals surface area contributed by atoms with Crippen molar-refractivity contribution in [2.24, 2.45) is 0 Å². The number of H-pyrrole nitrogens is 1. The standard InChI is InChI=1S/C16H11N3O2/c20-11-5-3-4-10(8-11)19-9-13-15(18-19)12-6-1-2-7-14(12)17-16(13)21/h1-9,20H,(H,17,21). The van der Waals surface area contributed by atoms with Crippen molar-refractivity contribution >= 4 is 21.8 Å². The fourth-order valence-electron chi connectivity index (χ4n) is 2.50. The van der Waals surface area contributed by atoms with E-state index in [0.717, 1.165) is 10.9 Å². The number of phenolic OH excluding ortho intramolecular Hbond substituents is 1. The molecular formula is C16H11N3O2. The van der Waals surface area contributed by atoms with Gasteiger partial charge in [0.15, 0.2) is 0 Å². The maximum absolute atomic E-state index is 12.1. The van der Waals surface area contributed by atoms with Gasteiger partial charge in [0.1, 0.15) is 11.3 Å². The van der Waals surface area contributed by atoms with Gasteiger partial charge in [0.2, 0.25) is 0 Å². The zero-order valence-corrected chi connectivity index (χ0v) is 10.9. The molecule has 0 spiro atoms. The van der Waals surface area contributed by atoms with E-state index in [2.05, 4.69) is 10.1 Å². The predicted molar refractivity (Wildman–Crippen MR) is 80.9 cm³/mol. The van der Waals surface area contributed by atoms with Gasteiger partial charge in [0.05, 0.1) is 16.6 Å². The SMILES string of the molecule is O=c1[nH]c2ccccc2c2nn(-c3cccc(O)c3)cc12. The fraction of sp³-hybridized carbons (Fsp3) is 0. The average Bonchev–Trinajstić information content (AvgIpc) is 2.93. The second kappa shape index (κ2) is 4.21. The van der Waals surface area contributed by atoms with Gasteiger partial charge in [0.25, 0.3) is 5.56 Å².